The molecule has 2 heterocycles. The Morgan fingerprint density at radius 1 is 1.37 bits per heavy atom. The van der Waals surface area contributed by atoms with Crippen LogP contribution in [0.15, 0.2) is 39.7 Å². The van der Waals surface area contributed by atoms with Gasteiger partial charge in [0.05, 0.1) is 23.3 Å². The summed E-state index contributed by atoms with van der Waals surface area (Å²) in [5.74, 6) is -0.554. The van der Waals surface area contributed by atoms with Crippen molar-refractivity contribution < 1.29 is 8.81 Å². The molecule has 0 fully saturated rings. The van der Waals surface area contributed by atoms with E-state index in [0.29, 0.717) is 10.9 Å². The predicted molar refractivity (Wildman–Crippen MR) is 64.7 cm³/mol. The molecule has 0 atom stereocenters. The molecule has 0 aliphatic heterocycles. The van der Waals surface area contributed by atoms with E-state index < -0.39 is 5.82 Å². The standard InChI is InChI=1S/C13H6FN3O2/c14-9-4-7(6-15)3-8(5-9)11-12-10(1-2-19-12)13(18)17-16-11/h1-5H,(H,17,18). The van der Waals surface area contributed by atoms with Crippen molar-refractivity contribution in [3.63, 3.8) is 0 Å². The molecule has 0 unspecified atom stereocenters. The Balaban J connectivity index is 2.34. The van der Waals surface area contributed by atoms with Gasteiger partial charge in [-0.15, -0.1) is 0 Å². The zero-order valence-electron chi connectivity index (χ0n) is 9.48. The summed E-state index contributed by atoms with van der Waals surface area (Å²) in [6, 6.07) is 7.19. The average molecular weight is 255 g/mol. The van der Waals surface area contributed by atoms with Crippen molar-refractivity contribution in [2.75, 3.05) is 0 Å². The van der Waals surface area contributed by atoms with E-state index in [1.54, 1.807) is 0 Å². The van der Waals surface area contributed by atoms with Crippen molar-refractivity contribution in [3.05, 3.63) is 52.3 Å². The number of H-pyrrole nitrogens is 1. The number of aromatic amines is 1. The molecule has 5 nitrogen and oxygen atoms in total. The first-order chi connectivity index (χ1) is 9.19. The van der Waals surface area contributed by atoms with Crippen molar-refractivity contribution >= 4 is 11.0 Å². The molecule has 3 aromatic rings. The number of benzene rings is 1. The molecule has 0 radical (unpaired) electrons. The van der Waals surface area contributed by atoms with E-state index in [1.165, 1.54) is 24.5 Å². The summed E-state index contributed by atoms with van der Waals surface area (Å²) < 4.78 is 18.6. The van der Waals surface area contributed by atoms with E-state index in [4.69, 9.17) is 9.68 Å². The summed E-state index contributed by atoms with van der Waals surface area (Å²) in [7, 11) is 0. The van der Waals surface area contributed by atoms with Gasteiger partial charge in [0.25, 0.3) is 5.56 Å². The van der Waals surface area contributed by atoms with E-state index in [9.17, 15) is 9.18 Å². The first kappa shape index (κ1) is 11.2. The van der Waals surface area contributed by atoms with Gasteiger partial charge in [-0.1, -0.05) is 0 Å². The number of hydrogen-bond acceptors (Lipinski definition) is 4. The van der Waals surface area contributed by atoms with Crippen LogP contribution in [0, 0.1) is 17.1 Å². The second-order valence-electron chi connectivity index (χ2n) is 3.91. The fraction of sp³-hybridized carbons (Fsp3) is 0. The topological polar surface area (TPSA) is 82.7 Å². The maximum absolute atomic E-state index is 13.4. The van der Waals surface area contributed by atoms with Gasteiger partial charge in [0.15, 0.2) is 5.58 Å². The second kappa shape index (κ2) is 4.07. The first-order valence-electron chi connectivity index (χ1n) is 5.36. The molecular formula is C13H6FN3O2. The molecule has 92 valence electrons. The van der Waals surface area contributed by atoms with Crippen LogP contribution in [0.25, 0.3) is 22.2 Å². The summed E-state index contributed by atoms with van der Waals surface area (Å²) in [4.78, 5) is 11.5. The molecular weight excluding hydrogens is 249 g/mol. The van der Waals surface area contributed by atoms with Crippen molar-refractivity contribution in [1.29, 1.82) is 5.26 Å². The van der Waals surface area contributed by atoms with E-state index in [2.05, 4.69) is 10.2 Å². The number of nitriles is 1. The molecule has 1 N–H and O–H groups in total. The Labute approximate surface area is 105 Å². The number of hydrogen-bond donors (Lipinski definition) is 1. The molecule has 0 bridgehead atoms. The van der Waals surface area contributed by atoms with Gasteiger partial charge in [0.1, 0.15) is 11.5 Å². The van der Waals surface area contributed by atoms with Crippen LogP contribution in [0.1, 0.15) is 5.56 Å². The van der Waals surface area contributed by atoms with Gasteiger partial charge >= 0.3 is 0 Å². The Morgan fingerprint density at radius 3 is 3.00 bits per heavy atom. The summed E-state index contributed by atoms with van der Waals surface area (Å²) >= 11 is 0. The van der Waals surface area contributed by atoms with Crippen molar-refractivity contribution in [3.8, 4) is 17.3 Å². The molecule has 6 heteroatoms. The lowest BCUT2D eigenvalue weighted by molar-refractivity contribution is 0.613. The highest BCUT2D eigenvalue weighted by molar-refractivity contribution is 5.89. The summed E-state index contributed by atoms with van der Waals surface area (Å²) in [5, 5.41) is 15.3. The Kier molecular flexibility index (Phi) is 2.39. The van der Waals surface area contributed by atoms with Gasteiger partial charge in [0, 0.05) is 5.56 Å². The van der Waals surface area contributed by atoms with Crippen molar-refractivity contribution in [2.45, 2.75) is 0 Å². The Morgan fingerprint density at radius 2 is 2.21 bits per heavy atom. The third-order valence-electron chi connectivity index (χ3n) is 2.69. The highest BCUT2D eigenvalue weighted by atomic mass is 19.1. The van der Waals surface area contributed by atoms with Gasteiger partial charge in [-0.2, -0.15) is 10.4 Å². The van der Waals surface area contributed by atoms with Crippen molar-refractivity contribution in [2.24, 2.45) is 0 Å². The van der Waals surface area contributed by atoms with Gasteiger partial charge in [-0.3, -0.25) is 4.79 Å². The monoisotopic (exact) mass is 255 g/mol. The molecule has 0 aliphatic rings. The number of nitrogens with zero attached hydrogens (tertiary/aromatic N) is 2. The predicted octanol–water partition coefficient (Wildman–Crippen LogP) is 2.19. The minimum atomic E-state index is -0.554. The van der Waals surface area contributed by atoms with Crippen LogP contribution in [-0.2, 0) is 0 Å². The summed E-state index contributed by atoms with van der Waals surface area (Å²) in [6.07, 6.45) is 1.36. The lowest BCUT2D eigenvalue weighted by Crippen LogP contribution is -2.08. The summed E-state index contributed by atoms with van der Waals surface area (Å²) in [6.45, 7) is 0. The minimum absolute atomic E-state index is 0.169. The zero-order chi connectivity index (χ0) is 13.4. The first-order valence-corrected chi connectivity index (χ1v) is 5.36. The highest BCUT2D eigenvalue weighted by Gasteiger charge is 2.13. The smallest absolute Gasteiger partial charge is 0.275 e. The summed E-state index contributed by atoms with van der Waals surface area (Å²) in [5.41, 5.74) is 0.703. The maximum Gasteiger partial charge on any atom is 0.275 e. The number of furan rings is 1. The second-order valence-corrected chi connectivity index (χ2v) is 3.91. The normalized spacial score (nSPS) is 10.5. The molecule has 0 spiro atoms. The quantitative estimate of drug-likeness (QED) is 0.722. The van der Waals surface area contributed by atoms with Gasteiger partial charge in [-0.05, 0) is 24.3 Å². The fourth-order valence-electron chi connectivity index (χ4n) is 1.88. The molecule has 2 aromatic heterocycles. The Hall–Kier alpha value is -2.94. The van der Waals surface area contributed by atoms with Gasteiger partial charge in [-0.25, -0.2) is 9.49 Å². The van der Waals surface area contributed by atoms with Crippen LogP contribution in [0.4, 0.5) is 4.39 Å². The van der Waals surface area contributed by atoms with Crippen LogP contribution < -0.4 is 5.56 Å². The SMILES string of the molecule is N#Cc1cc(F)cc(-c2n[nH]c(=O)c3ccoc23)c1. The number of aromatic nitrogens is 2. The minimum Gasteiger partial charge on any atom is -0.462 e. The van der Waals surface area contributed by atoms with Crippen LogP contribution in [0.2, 0.25) is 0 Å². The van der Waals surface area contributed by atoms with E-state index in [1.807, 2.05) is 6.07 Å². The molecule has 0 amide bonds. The molecule has 0 aliphatic carbocycles. The Bertz CT molecular complexity index is 873. The molecule has 1 aromatic carbocycles. The number of halogens is 1. The van der Waals surface area contributed by atoms with Gasteiger partial charge in [0.2, 0.25) is 0 Å². The molecule has 3 rings (SSSR count). The van der Waals surface area contributed by atoms with Crippen molar-refractivity contribution in [1.82, 2.24) is 10.2 Å². The highest BCUT2D eigenvalue weighted by Crippen LogP contribution is 2.26. The van der Waals surface area contributed by atoms with E-state index in [0.717, 1.165) is 6.07 Å². The third-order valence-corrected chi connectivity index (χ3v) is 2.69. The largest absolute Gasteiger partial charge is 0.462 e. The van der Waals surface area contributed by atoms with Crippen LogP contribution in [0.3, 0.4) is 0 Å². The molecule has 0 saturated heterocycles. The molecule has 0 saturated carbocycles. The number of fused-ring (bicyclic) bond motifs is 1. The maximum atomic E-state index is 13.4. The van der Waals surface area contributed by atoms with Crippen LogP contribution in [0.5, 0.6) is 0 Å². The van der Waals surface area contributed by atoms with Crippen LogP contribution in [-0.4, -0.2) is 10.2 Å². The fourth-order valence-corrected chi connectivity index (χ4v) is 1.88. The van der Waals surface area contributed by atoms with Crippen LogP contribution >= 0.6 is 0 Å². The lowest BCUT2D eigenvalue weighted by Gasteiger charge is -2.02. The van der Waals surface area contributed by atoms with Gasteiger partial charge < -0.3 is 4.42 Å². The third kappa shape index (κ3) is 1.77. The number of nitrogens with one attached hydrogen (secondary N) is 1. The molecule has 19 heavy (non-hydrogen) atoms. The average Bonchev–Trinajstić information content (AvgIpc) is 2.88. The van der Waals surface area contributed by atoms with E-state index >= 15 is 0 Å². The zero-order valence-corrected chi connectivity index (χ0v) is 9.48. The van der Waals surface area contributed by atoms with E-state index in [-0.39, 0.29) is 22.4 Å². The number of rotatable bonds is 1. The lowest BCUT2D eigenvalue weighted by atomic mass is 10.1.